The molecule has 11 heteroatoms. The van der Waals surface area contributed by atoms with Crippen molar-refractivity contribution in [2.24, 2.45) is 5.92 Å². The highest BCUT2D eigenvalue weighted by Gasteiger charge is 2.58. The quantitative estimate of drug-likeness (QED) is 0.276. The van der Waals surface area contributed by atoms with Crippen molar-refractivity contribution in [1.82, 2.24) is 25.2 Å². The Balaban J connectivity index is 1.15. The van der Waals surface area contributed by atoms with Gasteiger partial charge in [-0.15, -0.1) is 0 Å². The molecule has 6 atom stereocenters. The van der Waals surface area contributed by atoms with Gasteiger partial charge < -0.3 is 20.1 Å². The number of aromatic hydroxyl groups is 1. The molecule has 1 saturated carbocycles. The van der Waals surface area contributed by atoms with Crippen molar-refractivity contribution in [2.75, 3.05) is 31.1 Å². The molecule has 2 aromatic carbocycles. The number of anilines is 1. The van der Waals surface area contributed by atoms with Gasteiger partial charge in [0.2, 0.25) is 0 Å². The van der Waals surface area contributed by atoms with Gasteiger partial charge in [0.15, 0.2) is 5.82 Å². The Morgan fingerprint density at radius 3 is 2.76 bits per heavy atom. The average Bonchev–Trinajstić information content (AvgIpc) is 3.76. The van der Waals surface area contributed by atoms with Gasteiger partial charge in [0.25, 0.3) is 0 Å². The van der Waals surface area contributed by atoms with E-state index in [1.807, 2.05) is 6.07 Å². The number of halogens is 3. The molecular weight excluding hydrogens is 598 g/mol. The number of phenols is 1. The molecule has 1 aliphatic carbocycles. The fourth-order valence-electron chi connectivity index (χ4n) is 9.28. The molecule has 9 rings (SSSR count). The summed E-state index contributed by atoms with van der Waals surface area (Å²) in [6, 6.07) is 9.59. The van der Waals surface area contributed by atoms with Crippen molar-refractivity contribution in [2.45, 2.75) is 74.8 Å². The van der Waals surface area contributed by atoms with Gasteiger partial charge in [-0.1, -0.05) is 30.2 Å². The van der Waals surface area contributed by atoms with Crippen molar-refractivity contribution in [1.29, 1.82) is 0 Å². The fraction of sp³-hybridized carbons (Fsp3) is 0.500. The normalized spacial score (nSPS) is 30.8. The molecule has 8 nitrogen and oxygen atoms in total. The molecule has 5 aliphatic rings. The Kier molecular flexibility index (Phi) is 6.41. The van der Waals surface area contributed by atoms with E-state index in [1.54, 1.807) is 24.4 Å². The Morgan fingerprint density at radius 2 is 1.91 bits per heavy atom. The van der Waals surface area contributed by atoms with Crippen LogP contribution in [0.25, 0.3) is 32.9 Å². The molecular formula is C34H35ClF2N6O2. The number of rotatable bonds is 5. The minimum atomic E-state index is -0.880. The number of aromatic nitrogens is 3. The molecule has 4 aliphatic heterocycles. The molecule has 0 spiro atoms. The Bertz CT molecular complexity index is 1830. The zero-order valence-corrected chi connectivity index (χ0v) is 25.6. The van der Waals surface area contributed by atoms with Crippen molar-refractivity contribution >= 4 is 39.1 Å². The third-order valence-electron chi connectivity index (χ3n) is 11.1. The van der Waals surface area contributed by atoms with Crippen LogP contribution in [0.1, 0.15) is 44.9 Å². The van der Waals surface area contributed by atoms with Gasteiger partial charge in [0.05, 0.1) is 10.9 Å². The highest BCUT2D eigenvalue weighted by atomic mass is 35.5. The summed E-state index contributed by atoms with van der Waals surface area (Å²) < 4.78 is 38.1. The summed E-state index contributed by atoms with van der Waals surface area (Å²) in [5.74, 6) is 0.515. The summed E-state index contributed by atoms with van der Waals surface area (Å²) in [5, 5.41) is 16.4. The molecule has 6 heterocycles. The third kappa shape index (κ3) is 4.47. The van der Waals surface area contributed by atoms with E-state index in [0.29, 0.717) is 69.6 Å². The molecule has 45 heavy (non-hydrogen) atoms. The number of hydrogen-bond acceptors (Lipinski definition) is 8. The molecule has 4 aromatic rings. The lowest BCUT2D eigenvalue weighted by molar-refractivity contribution is 0.0832. The molecule has 2 unspecified atom stereocenters. The third-order valence-corrected chi connectivity index (χ3v) is 11.4. The Morgan fingerprint density at radius 1 is 1.07 bits per heavy atom. The molecule has 2 aromatic heterocycles. The van der Waals surface area contributed by atoms with Crippen LogP contribution < -0.4 is 15.0 Å². The van der Waals surface area contributed by atoms with Crippen LogP contribution in [0.5, 0.6) is 11.8 Å². The summed E-state index contributed by atoms with van der Waals surface area (Å²) in [4.78, 5) is 18.7. The van der Waals surface area contributed by atoms with E-state index in [0.717, 1.165) is 38.8 Å². The maximum absolute atomic E-state index is 16.8. The lowest BCUT2D eigenvalue weighted by Gasteiger charge is -2.35. The predicted octanol–water partition coefficient (Wildman–Crippen LogP) is 6.02. The number of fused-ring (bicyclic) bond motifs is 7. The number of pyridine rings is 1. The van der Waals surface area contributed by atoms with Gasteiger partial charge in [-0.05, 0) is 61.6 Å². The Labute approximate surface area is 264 Å². The van der Waals surface area contributed by atoms with Gasteiger partial charge in [0, 0.05) is 66.3 Å². The standard InChI is InChI=1S/C34H35ClF2N6O2/c35-26-5-1-3-18-9-23(44)10-24(28(18)26)30-29(37)31-25(13-38-30)32(42-15-21-7-8-22(16-42)39-21)41-33(40-31)45-17-34-11-19-4-2-6-27(19)43(34)14-20(36)12-34/h1,3,5,9-10,13,19-22,27,39,44H,2,4,6-8,11-12,14-17H2/t19-,20+,21?,22?,27-,34-/m0/s1. The minimum Gasteiger partial charge on any atom is -0.508 e. The van der Waals surface area contributed by atoms with Crippen molar-refractivity contribution < 1.29 is 18.6 Å². The first kappa shape index (κ1) is 27.9. The van der Waals surface area contributed by atoms with Gasteiger partial charge in [-0.3, -0.25) is 9.88 Å². The predicted molar refractivity (Wildman–Crippen MR) is 169 cm³/mol. The van der Waals surface area contributed by atoms with Crippen molar-refractivity contribution in [3.63, 3.8) is 0 Å². The first-order valence-electron chi connectivity index (χ1n) is 16.2. The first-order chi connectivity index (χ1) is 21.8. The Hall–Kier alpha value is -3.34. The summed E-state index contributed by atoms with van der Waals surface area (Å²) in [6.07, 6.45) is 7.73. The number of hydrogen-bond donors (Lipinski definition) is 2. The molecule has 5 fully saturated rings. The first-order valence-corrected chi connectivity index (χ1v) is 16.6. The van der Waals surface area contributed by atoms with Gasteiger partial charge in [0.1, 0.15) is 35.6 Å². The number of ether oxygens (including phenoxy) is 1. The summed E-state index contributed by atoms with van der Waals surface area (Å²) >= 11 is 6.59. The zero-order chi connectivity index (χ0) is 30.4. The monoisotopic (exact) mass is 632 g/mol. The van der Waals surface area contributed by atoms with Gasteiger partial charge >= 0.3 is 6.01 Å². The average molecular weight is 633 g/mol. The van der Waals surface area contributed by atoms with E-state index in [-0.39, 0.29) is 35.1 Å². The smallest absolute Gasteiger partial charge is 0.319 e. The maximum atomic E-state index is 16.8. The second-order valence-electron chi connectivity index (χ2n) is 13.8. The molecule has 0 amide bonds. The van der Waals surface area contributed by atoms with Crippen LogP contribution in [0.2, 0.25) is 5.02 Å². The van der Waals surface area contributed by atoms with E-state index in [2.05, 4.69) is 25.1 Å². The molecule has 4 saturated heterocycles. The zero-order valence-electron chi connectivity index (χ0n) is 24.9. The number of nitrogens with one attached hydrogen (secondary N) is 1. The van der Waals surface area contributed by atoms with E-state index in [4.69, 9.17) is 21.3 Å². The fourth-order valence-corrected chi connectivity index (χ4v) is 9.56. The van der Waals surface area contributed by atoms with Crippen LogP contribution in [0.3, 0.4) is 0 Å². The maximum Gasteiger partial charge on any atom is 0.319 e. The number of alkyl halides is 1. The van der Waals surface area contributed by atoms with Crippen LogP contribution >= 0.6 is 11.6 Å². The van der Waals surface area contributed by atoms with Crippen molar-refractivity contribution in [3.8, 4) is 23.0 Å². The molecule has 2 N–H and O–H groups in total. The van der Waals surface area contributed by atoms with Gasteiger partial charge in [-0.25, -0.2) is 8.78 Å². The topological polar surface area (TPSA) is 86.6 Å². The second-order valence-corrected chi connectivity index (χ2v) is 14.2. The highest BCUT2D eigenvalue weighted by Crippen LogP contribution is 2.52. The summed E-state index contributed by atoms with van der Waals surface area (Å²) in [7, 11) is 0. The molecule has 2 bridgehead atoms. The van der Waals surface area contributed by atoms with E-state index >= 15 is 4.39 Å². The van der Waals surface area contributed by atoms with E-state index in [9.17, 15) is 9.50 Å². The van der Waals surface area contributed by atoms with Crippen LogP contribution in [0, 0.1) is 11.7 Å². The number of phenolic OH excluding ortho intramolecular Hbond substituents is 1. The number of benzene rings is 2. The summed E-state index contributed by atoms with van der Waals surface area (Å²) in [6.45, 7) is 2.19. The van der Waals surface area contributed by atoms with Crippen LogP contribution in [-0.4, -0.2) is 81.0 Å². The van der Waals surface area contributed by atoms with Crippen molar-refractivity contribution in [3.05, 3.63) is 47.4 Å². The van der Waals surface area contributed by atoms with Gasteiger partial charge in [-0.2, -0.15) is 9.97 Å². The van der Waals surface area contributed by atoms with Crippen LogP contribution in [0.4, 0.5) is 14.6 Å². The second kappa shape index (κ2) is 10.3. The van der Waals surface area contributed by atoms with E-state index < -0.39 is 12.0 Å². The van der Waals surface area contributed by atoms with Crippen LogP contribution in [-0.2, 0) is 0 Å². The van der Waals surface area contributed by atoms with E-state index in [1.165, 1.54) is 18.9 Å². The lowest BCUT2D eigenvalue weighted by atomic mass is 9.89. The number of piperazine rings is 1. The molecule has 234 valence electrons. The minimum absolute atomic E-state index is 0.0161. The molecule has 0 radical (unpaired) electrons. The summed E-state index contributed by atoms with van der Waals surface area (Å²) in [5.41, 5.74) is 0.129. The lowest BCUT2D eigenvalue weighted by Crippen LogP contribution is -2.51. The largest absolute Gasteiger partial charge is 0.508 e. The number of nitrogens with zero attached hydrogens (tertiary/aromatic N) is 5. The van der Waals surface area contributed by atoms with Crippen LogP contribution in [0.15, 0.2) is 36.5 Å². The highest BCUT2D eigenvalue weighted by molar-refractivity contribution is 6.36. The SMILES string of the molecule is Oc1cc(-c2ncc3c(N4CC5CCC(C4)N5)nc(OC[C@]45C[C@@H](F)CN4[C@H]4CCC[C@H]4C5)nc3c2F)c2c(Cl)cccc2c1.